The Morgan fingerprint density at radius 1 is 1.00 bits per heavy atom. The third-order valence-electron chi connectivity index (χ3n) is 3.35. The Balaban J connectivity index is 0.00000256. The first kappa shape index (κ1) is 17.2. The fourth-order valence-electron chi connectivity index (χ4n) is 2.00. The van der Waals surface area contributed by atoms with Crippen molar-refractivity contribution in [2.75, 3.05) is 19.6 Å². The van der Waals surface area contributed by atoms with Crippen molar-refractivity contribution in [3.8, 4) is 0 Å². The maximum absolute atomic E-state index is 5.91. The molecular formula is C12H19BrCl2N2. The van der Waals surface area contributed by atoms with E-state index in [2.05, 4.69) is 25.8 Å². The molecule has 1 aromatic rings. The van der Waals surface area contributed by atoms with Crippen LogP contribution in [0.1, 0.15) is 26.3 Å². The molecule has 2 nitrogen and oxygen atoms in total. The van der Waals surface area contributed by atoms with Gasteiger partial charge < -0.3 is 21.5 Å². The van der Waals surface area contributed by atoms with Gasteiger partial charge >= 0.3 is 0 Å². The SMILES string of the molecule is CC[N+](CC)(CC)Cc1cc(Cl)nc(Cl)c1.[Br-]. The number of pyridine rings is 1. The van der Waals surface area contributed by atoms with Crippen molar-refractivity contribution < 1.29 is 21.5 Å². The highest BCUT2D eigenvalue weighted by atomic mass is 79.9. The molecule has 17 heavy (non-hydrogen) atoms. The highest BCUT2D eigenvalue weighted by Gasteiger charge is 2.21. The normalized spacial score (nSPS) is 11.1. The molecule has 98 valence electrons. The monoisotopic (exact) mass is 340 g/mol. The number of quaternary nitrogens is 1. The second kappa shape index (κ2) is 7.57. The van der Waals surface area contributed by atoms with Gasteiger partial charge in [0.2, 0.25) is 0 Å². The Labute approximate surface area is 124 Å². The third-order valence-corrected chi connectivity index (χ3v) is 3.74. The van der Waals surface area contributed by atoms with E-state index in [9.17, 15) is 0 Å². The van der Waals surface area contributed by atoms with E-state index in [4.69, 9.17) is 23.2 Å². The average Bonchev–Trinajstić information content (AvgIpc) is 2.25. The van der Waals surface area contributed by atoms with Crippen LogP contribution in [0.4, 0.5) is 0 Å². The number of nitrogens with zero attached hydrogens (tertiary/aromatic N) is 2. The van der Waals surface area contributed by atoms with Gasteiger partial charge in [-0.15, -0.1) is 0 Å². The maximum atomic E-state index is 5.91. The lowest BCUT2D eigenvalue weighted by Gasteiger charge is -2.35. The summed E-state index contributed by atoms with van der Waals surface area (Å²) in [6.07, 6.45) is 0. The molecule has 0 atom stereocenters. The van der Waals surface area contributed by atoms with Crippen LogP contribution in [-0.4, -0.2) is 29.1 Å². The Morgan fingerprint density at radius 3 is 1.76 bits per heavy atom. The van der Waals surface area contributed by atoms with E-state index in [0.29, 0.717) is 10.3 Å². The van der Waals surface area contributed by atoms with Crippen LogP contribution in [0, 0.1) is 0 Å². The van der Waals surface area contributed by atoms with E-state index in [0.717, 1.165) is 36.2 Å². The largest absolute Gasteiger partial charge is 1.00 e. The molecule has 0 saturated carbocycles. The molecule has 0 amide bonds. The van der Waals surface area contributed by atoms with E-state index in [1.54, 1.807) is 0 Å². The predicted octanol–water partition coefficient (Wildman–Crippen LogP) is 0.769. The Bertz CT molecular complexity index is 326. The number of halogens is 3. The number of rotatable bonds is 5. The molecule has 1 heterocycles. The zero-order valence-electron chi connectivity index (χ0n) is 10.5. The van der Waals surface area contributed by atoms with Gasteiger partial charge in [0.05, 0.1) is 19.6 Å². The van der Waals surface area contributed by atoms with Gasteiger partial charge in [-0.1, -0.05) is 23.2 Å². The minimum atomic E-state index is 0. The second-order valence-corrected chi connectivity index (χ2v) is 4.84. The molecule has 5 heteroatoms. The lowest BCUT2D eigenvalue weighted by Crippen LogP contribution is -3.00. The van der Waals surface area contributed by atoms with Crippen molar-refractivity contribution in [1.82, 2.24) is 4.98 Å². The summed E-state index contributed by atoms with van der Waals surface area (Å²) < 4.78 is 1.05. The molecule has 1 aromatic heterocycles. The Hall–Kier alpha value is 0.170. The highest BCUT2D eigenvalue weighted by molar-refractivity contribution is 6.32. The summed E-state index contributed by atoms with van der Waals surface area (Å²) in [5.41, 5.74) is 1.16. The van der Waals surface area contributed by atoms with Crippen molar-refractivity contribution >= 4 is 23.2 Å². The molecule has 0 aliphatic carbocycles. The van der Waals surface area contributed by atoms with Crippen LogP contribution in [-0.2, 0) is 6.54 Å². The van der Waals surface area contributed by atoms with Crippen LogP contribution in [0.2, 0.25) is 10.3 Å². The first-order valence-electron chi connectivity index (χ1n) is 5.72. The van der Waals surface area contributed by atoms with Crippen LogP contribution in [0.15, 0.2) is 12.1 Å². The van der Waals surface area contributed by atoms with Crippen LogP contribution >= 0.6 is 23.2 Å². The molecule has 1 rings (SSSR count). The Morgan fingerprint density at radius 2 is 1.41 bits per heavy atom. The molecule has 0 aliphatic heterocycles. The van der Waals surface area contributed by atoms with Gasteiger partial charge in [-0.2, -0.15) is 0 Å². The molecule has 0 bridgehead atoms. The van der Waals surface area contributed by atoms with E-state index in [-0.39, 0.29) is 17.0 Å². The van der Waals surface area contributed by atoms with Crippen LogP contribution in [0.3, 0.4) is 0 Å². The van der Waals surface area contributed by atoms with Crippen molar-refractivity contribution in [1.29, 1.82) is 0 Å². The summed E-state index contributed by atoms with van der Waals surface area (Å²) in [6, 6.07) is 3.81. The molecule has 0 radical (unpaired) electrons. The lowest BCUT2D eigenvalue weighted by molar-refractivity contribution is -0.936. The van der Waals surface area contributed by atoms with E-state index in [1.165, 1.54) is 0 Å². The van der Waals surface area contributed by atoms with Crippen LogP contribution in [0.25, 0.3) is 0 Å². The number of aromatic nitrogens is 1. The lowest BCUT2D eigenvalue weighted by atomic mass is 10.2. The molecular weight excluding hydrogens is 323 g/mol. The Kier molecular flexibility index (Phi) is 7.65. The van der Waals surface area contributed by atoms with Gasteiger partial charge in [0.25, 0.3) is 0 Å². The summed E-state index contributed by atoms with van der Waals surface area (Å²) in [5.74, 6) is 0. The number of hydrogen-bond donors (Lipinski definition) is 0. The molecule has 0 spiro atoms. The maximum Gasteiger partial charge on any atom is 0.131 e. The van der Waals surface area contributed by atoms with E-state index in [1.807, 2.05) is 12.1 Å². The molecule has 0 fully saturated rings. The van der Waals surface area contributed by atoms with Gasteiger partial charge in [0.15, 0.2) is 0 Å². The van der Waals surface area contributed by atoms with Crippen LogP contribution in [0.5, 0.6) is 0 Å². The molecule has 0 aliphatic rings. The molecule has 0 saturated heterocycles. The van der Waals surface area contributed by atoms with Crippen molar-refractivity contribution in [3.63, 3.8) is 0 Å². The summed E-state index contributed by atoms with van der Waals surface area (Å²) in [7, 11) is 0. The minimum absolute atomic E-state index is 0. The summed E-state index contributed by atoms with van der Waals surface area (Å²) in [4.78, 5) is 3.97. The minimum Gasteiger partial charge on any atom is -1.00 e. The van der Waals surface area contributed by atoms with E-state index >= 15 is 0 Å². The van der Waals surface area contributed by atoms with Gasteiger partial charge in [-0.05, 0) is 32.9 Å². The van der Waals surface area contributed by atoms with Crippen molar-refractivity contribution in [2.24, 2.45) is 0 Å². The molecule has 0 aromatic carbocycles. The predicted molar refractivity (Wildman–Crippen MR) is 69.8 cm³/mol. The topological polar surface area (TPSA) is 12.9 Å². The highest BCUT2D eigenvalue weighted by Crippen LogP contribution is 2.19. The van der Waals surface area contributed by atoms with Crippen LogP contribution < -0.4 is 17.0 Å². The van der Waals surface area contributed by atoms with Gasteiger partial charge in [0, 0.05) is 5.56 Å². The standard InChI is InChI=1S/C12H19Cl2N2.BrH/c1-4-16(5-2,6-3)9-10-7-11(13)15-12(14)8-10;/h7-8H,4-6,9H2,1-3H3;1H/q+1;/p-1. The fourth-order valence-corrected chi connectivity index (χ4v) is 2.50. The van der Waals surface area contributed by atoms with Crippen molar-refractivity contribution in [3.05, 3.63) is 28.0 Å². The summed E-state index contributed by atoms with van der Waals surface area (Å²) in [5, 5.41) is 0.952. The first-order valence-corrected chi connectivity index (χ1v) is 6.48. The average molecular weight is 342 g/mol. The summed E-state index contributed by atoms with van der Waals surface area (Å²) >= 11 is 11.8. The quantitative estimate of drug-likeness (QED) is 0.569. The van der Waals surface area contributed by atoms with Gasteiger partial charge in [0.1, 0.15) is 16.9 Å². The summed E-state index contributed by atoms with van der Waals surface area (Å²) in [6.45, 7) is 11.0. The zero-order valence-corrected chi connectivity index (χ0v) is 13.6. The van der Waals surface area contributed by atoms with Gasteiger partial charge in [-0.3, -0.25) is 0 Å². The van der Waals surface area contributed by atoms with E-state index < -0.39 is 0 Å². The smallest absolute Gasteiger partial charge is 0.131 e. The first-order chi connectivity index (χ1) is 7.55. The fraction of sp³-hybridized carbons (Fsp3) is 0.583. The molecule has 0 unspecified atom stereocenters. The number of hydrogen-bond acceptors (Lipinski definition) is 1. The van der Waals surface area contributed by atoms with Gasteiger partial charge in [-0.25, -0.2) is 4.98 Å². The second-order valence-electron chi connectivity index (χ2n) is 4.07. The molecule has 0 N–H and O–H groups in total. The third kappa shape index (κ3) is 4.74. The van der Waals surface area contributed by atoms with Crippen molar-refractivity contribution in [2.45, 2.75) is 27.3 Å². The zero-order chi connectivity index (χ0) is 12.2.